The lowest BCUT2D eigenvalue weighted by atomic mass is 9.85. The molecule has 0 fully saturated rings. The zero-order valence-electron chi connectivity index (χ0n) is 14.4. The van der Waals surface area contributed by atoms with E-state index >= 15 is 0 Å². The van der Waals surface area contributed by atoms with Gasteiger partial charge in [-0.2, -0.15) is 0 Å². The third kappa shape index (κ3) is 2.49. The lowest BCUT2D eigenvalue weighted by molar-refractivity contribution is 0.0606. The average molecular weight is 344 g/mol. The molecule has 2 heterocycles. The van der Waals surface area contributed by atoms with Gasteiger partial charge in [-0.3, -0.25) is 4.79 Å². The number of hydrogen-bond acceptors (Lipinski definition) is 4. The van der Waals surface area contributed by atoms with E-state index in [0.717, 1.165) is 5.56 Å². The maximum absolute atomic E-state index is 13.2. The summed E-state index contributed by atoms with van der Waals surface area (Å²) < 4.78 is 11.2. The maximum Gasteiger partial charge on any atom is 0.336 e. The first-order chi connectivity index (χ1) is 12.5. The number of carbonyl (C=O) groups is 1. The van der Waals surface area contributed by atoms with E-state index in [2.05, 4.69) is 11.8 Å². The van der Waals surface area contributed by atoms with E-state index in [1.165, 1.54) is 6.07 Å². The molecule has 1 aliphatic rings. The second-order valence-corrected chi connectivity index (χ2v) is 6.58. The summed E-state index contributed by atoms with van der Waals surface area (Å²) in [5.74, 6) is 6.18. The molecule has 0 spiro atoms. The number of ketones is 1. The van der Waals surface area contributed by atoms with E-state index in [9.17, 15) is 9.59 Å². The second kappa shape index (κ2) is 5.89. The summed E-state index contributed by atoms with van der Waals surface area (Å²) in [5, 5.41) is 0.677. The highest BCUT2D eigenvalue weighted by Gasteiger charge is 2.49. The van der Waals surface area contributed by atoms with Gasteiger partial charge in [0, 0.05) is 29.0 Å². The minimum Gasteiger partial charge on any atom is -0.466 e. The van der Waals surface area contributed by atoms with Crippen LogP contribution in [0.4, 0.5) is 0 Å². The monoisotopic (exact) mass is 344 g/mol. The number of hydrogen-bond donors (Lipinski definition) is 0. The predicted octanol–water partition coefficient (Wildman–Crippen LogP) is 3.81. The summed E-state index contributed by atoms with van der Waals surface area (Å²) in [6.07, 6.45) is 0. The van der Waals surface area contributed by atoms with Crippen molar-refractivity contribution in [1.82, 2.24) is 0 Å². The number of Topliss-reactive ketones (excluding diaryl/α,β-unsaturated/α-hetero) is 1. The number of rotatable bonds is 1. The summed E-state index contributed by atoms with van der Waals surface area (Å²) in [4.78, 5) is 24.6. The molecule has 4 rings (SSSR count). The molecule has 0 saturated heterocycles. The van der Waals surface area contributed by atoms with Gasteiger partial charge < -0.3 is 9.15 Å². The van der Waals surface area contributed by atoms with Crippen molar-refractivity contribution >= 4 is 16.8 Å². The van der Waals surface area contributed by atoms with Crippen molar-refractivity contribution in [2.75, 3.05) is 0 Å². The van der Waals surface area contributed by atoms with Crippen LogP contribution in [0.15, 0.2) is 63.8 Å². The molecule has 4 heteroatoms. The largest absolute Gasteiger partial charge is 0.466 e. The summed E-state index contributed by atoms with van der Waals surface area (Å²) in [5.41, 5.74) is -0.0330. The number of ether oxygens (including phenoxy) is 1. The Labute approximate surface area is 150 Å². The number of benzene rings is 2. The van der Waals surface area contributed by atoms with E-state index in [-0.39, 0.29) is 11.7 Å². The molecule has 1 aromatic heterocycles. The lowest BCUT2D eigenvalue weighted by Gasteiger charge is -2.25. The highest BCUT2D eigenvalue weighted by Crippen LogP contribution is 2.41. The van der Waals surface area contributed by atoms with Crippen LogP contribution in [-0.2, 0) is 0 Å². The van der Waals surface area contributed by atoms with E-state index in [0.29, 0.717) is 22.3 Å². The smallest absolute Gasteiger partial charge is 0.336 e. The molecule has 1 aliphatic heterocycles. The number of fused-ring (bicyclic) bond motifs is 2. The Hall–Kier alpha value is -3.32. The van der Waals surface area contributed by atoms with Crippen LogP contribution in [0.1, 0.15) is 29.8 Å². The Morgan fingerprint density at radius 1 is 1.00 bits per heavy atom. The number of carbonyl (C=O) groups excluding carboxylic acids is 1. The highest BCUT2D eigenvalue weighted by molar-refractivity contribution is 6.11. The van der Waals surface area contributed by atoms with Crippen molar-refractivity contribution in [3.05, 3.63) is 76.1 Å². The third-order valence-corrected chi connectivity index (χ3v) is 4.55. The molecule has 4 nitrogen and oxygen atoms in total. The first kappa shape index (κ1) is 16.2. The molecule has 0 N–H and O–H groups in total. The highest BCUT2D eigenvalue weighted by atomic mass is 16.5. The minimum absolute atomic E-state index is 0.159. The molecule has 0 aliphatic carbocycles. The van der Waals surface area contributed by atoms with E-state index in [1.54, 1.807) is 18.2 Å². The predicted molar refractivity (Wildman–Crippen MR) is 98.3 cm³/mol. The van der Waals surface area contributed by atoms with Crippen LogP contribution in [0.2, 0.25) is 0 Å². The molecule has 0 radical (unpaired) electrons. The third-order valence-electron chi connectivity index (χ3n) is 4.55. The zero-order chi connectivity index (χ0) is 18.3. The standard InChI is InChI=1S/C22H16O4/c1-14(2)22(11-10-15-6-4-3-5-7-15)21(24)17-12-16-8-9-20(23)25-18(16)13-19(17)26-22/h3-9,12-14H,1-2H3. The molecule has 0 amide bonds. The zero-order valence-corrected chi connectivity index (χ0v) is 14.4. The van der Waals surface area contributed by atoms with Gasteiger partial charge in [0.25, 0.3) is 0 Å². The average Bonchev–Trinajstić information content (AvgIpc) is 2.91. The Bertz CT molecular complexity index is 1130. The van der Waals surface area contributed by atoms with Gasteiger partial charge in [-0.25, -0.2) is 4.79 Å². The molecule has 1 unspecified atom stereocenters. The van der Waals surface area contributed by atoms with Crippen molar-refractivity contribution in [2.24, 2.45) is 5.92 Å². The first-order valence-corrected chi connectivity index (χ1v) is 8.39. The van der Waals surface area contributed by atoms with Crippen molar-refractivity contribution in [3.63, 3.8) is 0 Å². The van der Waals surface area contributed by atoms with Gasteiger partial charge in [0.2, 0.25) is 11.4 Å². The van der Waals surface area contributed by atoms with Crippen LogP contribution < -0.4 is 10.4 Å². The summed E-state index contributed by atoms with van der Waals surface area (Å²) in [7, 11) is 0. The van der Waals surface area contributed by atoms with Gasteiger partial charge in [0.15, 0.2) is 0 Å². The van der Waals surface area contributed by atoms with Gasteiger partial charge in [-0.05, 0) is 30.2 Å². The summed E-state index contributed by atoms with van der Waals surface area (Å²) >= 11 is 0. The van der Waals surface area contributed by atoms with Gasteiger partial charge in [0.1, 0.15) is 11.3 Å². The molecular formula is C22H16O4. The minimum atomic E-state index is -1.25. The van der Waals surface area contributed by atoms with E-state index < -0.39 is 11.2 Å². The van der Waals surface area contributed by atoms with Gasteiger partial charge in [-0.15, -0.1) is 0 Å². The summed E-state index contributed by atoms with van der Waals surface area (Å²) in [6, 6.07) is 15.7. The lowest BCUT2D eigenvalue weighted by Crippen LogP contribution is -2.44. The van der Waals surface area contributed by atoms with Crippen molar-refractivity contribution in [2.45, 2.75) is 19.4 Å². The van der Waals surface area contributed by atoms with Gasteiger partial charge in [0.05, 0.1) is 5.56 Å². The van der Waals surface area contributed by atoms with Crippen LogP contribution in [-0.4, -0.2) is 11.4 Å². The van der Waals surface area contributed by atoms with Gasteiger partial charge >= 0.3 is 5.63 Å². The van der Waals surface area contributed by atoms with Crippen LogP contribution >= 0.6 is 0 Å². The molecular weight excluding hydrogens is 328 g/mol. The molecule has 128 valence electrons. The fraction of sp³-hybridized carbons (Fsp3) is 0.182. The van der Waals surface area contributed by atoms with E-state index in [1.807, 2.05) is 44.2 Å². The normalized spacial score (nSPS) is 18.3. The molecule has 3 aromatic rings. The molecule has 2 aromatic carbocycles. The molecule has 0 saturated carbocycles. The Kier molecular flexibility index (Phi) is 3.66. The van der Waals surface area contributed by atoms with Crippen molar-refractivity contribution < 1.29 is 13.9 Å². The second-order valence-electron chi connectivity index (χ2n) is 6.58. The quantitative estimate of drug-likeness (QED) is 0.497. The Morgan fingerprint density at radius 3 is 2.50 bits per heavy atom. The SMILES string of the molecule is CC(C)C1(C#Cc2ccccc2)Oc2cc3oc(=O)ccc3cc2C1=O. The Balaban J connectivity index is 1.85. The maximum atomic E-state index is 13.2. The molecule has 0 bridgehead atoms. The van der Waals surface area contributed by atoms with Crippen LogP contribution in [0, 0.1) is 17.8 Å². The Morgan fingerprint density at radius 2 is 1.77 bits per heavy atom. The molecule has 26 heavy (non-hydrogen) atoms. The van der Waals surface area contributed by atoms with Crippen LogP contribution in [0.3, 0.4) is 0 Å². The summed E-state index contributed by atoms with van der Waals surface area (Å²) in [6.45, 7) is 3.81. The van der Waals surface area contributed by atoms with E-state index in [4.69, 9.17) is 9.15 Å². The fourth-order valence-electron chi connectivity index (χ4n) is 3.07. The first-order valence-electron chi connectivity index (χ1n) is 8.39. The van der Waals surface area contributed by atoms with Crippen LogP contribution in [0.5, 0.6) is 5.75 Å². The fourth-order valence-corrected chi connectivity index (χ4v) is 3.07. The van der Waals surface area contributed by atoms with Crippen molar-refractivity contribution in [3.8, 4) is 17.6 Å². The topological polar surface area (TPSA) is 56.5 Å². The molecule has 1 atom stereocenters. The van der Waals surface area contributed by atoms with Crippen LogP contribution in [0.25, 0.3) is 11.0 Å². The van der Waals surface area contributed by atoms with Gasteiger partial charge in [-0.1, -0.05) is 38.0 Å². The van der Waals surface area contributed by atoms with Crippen molar-refractivity contribution in [1.29, 1.82) is 0 Å².